The van der Waals surface area contributed by atoms with Gasteiger partial charge in [0.05, 0.1) is 0 Å². The third-order valence-corrected chi connectivity index (χ3v) is 2.47. The molecule has 0 radical (unpaired) electrons. The molecule has 0 saturated carbocycles. The Morgan fingerprint density at radius 3 is 2.71 bits per heavy atom. The van der Waals surface area contributed by atoms with E-state index in [-0.39, 0.29) is 11.5 Å². The van der Waals surface area contributed by atoms with Crippen LogP contribution in [0.5, 0.6) is 11.5 Å². The van der Waals surface area contributed by atoms with E-state index >= 15 is 0 Å². The van der Waals surface area contributed by atoms with Gasteiger partial charge in [-0.1, -0.05) is 18.2 Å². The molecule has 4 heteroatoms. The number of nitrogens with one attached hydrogen (secondary N) is 1. The van der Waals surface area contributed by atoms with Crippen molar-refractivity contribution in [1.29, 1.82) is 0 Å². The maximum Gasteiger partial charge on any atom is 0.161 e. The molecule has 3 N–H and O–H groups in total. The van der Waals surface area contributed by atoms with Crippen LogP contribution in [0.4, 0.5) is 0 Å². The van der Waals surface area contributed by atoms with Gasteiger partial charge in [-0.05, 0) is 17.7 Å². The lowest BCUT2D eigenvalue weighted by Crippen LogP contribution is -2.12. The Morgan fingerprint density at radius 2 is 1.94 bits per heavy atom. The first-order valence-corrected chi connectivity index (χ1v) is 5.37. The number of para-hydroxylation sites is 1. The van der Waals surface area contributed by atoms with Gasteiger partial charge in [0.2, 0.25) is 0 Å². The van der Waals surface area contributed by atoms with Crippen LogP contribution < -0.4 is 5.32 Å². The van der Waals surface area contributed by atoms with E-state index in [4.69, 9.17) is 0 Å². The summed E-state index contributed by atoms with van der Waals surface area (Å²) in [6.07, 6.45) is 3.51. The normalized spacial score (nSPS) is 10.4. The largest absolute Gasteiger partial charge is 0.504 e. The first-order valence-electron chi connectivity index (χ1n) is 5.37. The molecule has 0 bridgehead atoms. The quantitative estimate of drug-likeness (QED) is 0.700. The predicted octanol–water partition coefficient (Wildman–Crippen LogP) is 1.78. The SMILES string of the molecule is Oc1cccc(CNCc2cccnc2)c1O. The second-order valence-corrected chi connectivity index (χ2v) is 3.75. The van der Waals surface area contributed by atoms with Gasteiger partial charge in [-0.3, -0.25) is 4.98 Å². The fourth-order valence-corrected chi connectivity index (χ4v) is 1.56. The van der Waals surface area contributed by atoms with Gasteiger partial charge in [0.1, 0.15) is 0 Å². The van der Waals surface area contributed by atoms with E-state index in [0.717, 1.165) is 5.56 Å². The summed E-state index contributed by atoms with van der Waals surface area (Å²) in [4.78, 5) is 4.01. The van der Waals surface area contributed by atoms with Gasteiger partial charge in [-0.15, -0.1) is 0 Å². The molecule has 2 aromatic rings. The van der Waals surface area contributed by atoms with Gasteiger partial charge in [-0.2, -0.15) is 0 Å². The number of hydrogen-bond acceptors (Lipinski definition) is 4. The standard InChI is InChI=1S/C13H14N2O2/c16-12-5-1-4-11(13(12)17)9-15-8-10-3-2-6-14-7-10/h1-7,15-17H,8-9H2. The number of benzene rings is 1. The van der Waals surface area contributed by atoms with Crippen LogP contribution in [0.3, 0.4) is 0 Å². The van der Waals surface area contributed by atoms with Gasteiger partial charge >= 0.3 is 0 Å². The molecule has 0 aliphatic rings. The zero-order valence-electron chi connectivity index (χ0n) is 9.30. The third kappa shape index (κ3) is 2.95. The molecule has 1 aromatic heterocycles. The topological polar surface area (TPSA) is 65.4 Å². The van der Waals surface area contributed by atoms with Gasteiger partial charge in [0.25, 0.3) is 0 Å². The second kappa shape index (κ2) is 5.32. The highest BCUT2D eigenvalue weighted by atomic mass is 16.3. The van der Waals surface area contributed by atoms with Gasteiger partial charge in [-0.25, -0.2) is 0 Å². The van der Waals surface area contributed by atoms with Crippen LogP contribution in [-0.2, 0) is 13.1 Å². The zero-order valence-corrected chi connectivity index (χ0v) is 9.30. The highest BCUT2D eigenvalue weighted by Crippen LogP contribution is 2.27. The average Bonchev–Trinajstić information content (AvgIpc) is 2.36. The molecule has 0 fully saturated rings. The van der Waals surface area contributed by atoms with Crippen LogP contribution in [0.2, 0.25) is 0 Å². The summed E-state index contributed by atoms with van der Waals surface area (Å²) < 4.78 is 0. The van der Waals surface area contributed by atoms with Gasteiger partial charge < -0.3 is 15.5 Å². The summed E-state index contributed by atoms with van der Waals surface area (Å²) in [6, 6.07) is 8.78. The molecule has 0 spiro atoms. The number of nitrogens with zero attached hydrogens (tertiary/aromatic N) is 1. The van der Waals surface area contributed by atoms with Crippen LogP contribution in [0.25, 0.3) is 0 Å². The number of hydrogen-bond donors (Lipinski definition) is 3. The van der Waals surface area contributed by atoms with Crippen LogP contribution >= 0.6 is 0 Å². The predicted molar refractivity (Wildman–Crippen MR) is 64.6 cm³/mol. The molecule has 88 valence electrons. The highest BCUT2D eigenvalue weighted by Gasteiger charge is 2.04. The third-order valence-electron chi connectivity index (χ3n) is 2.47. The summed E-state index contributed by atoms with van der Waals surface area (Å²) in [5.74, 6) is -0.156. The summed E-state index contributed by atoms with van der Waals surface area (Å²) in [7, 11) is 0. The minimum absolute atomic E-state index is 0.0637. The molecule has 1 aromatic carbocycles. The van der Waals surface area contributed by atoms with E-state index in [2.05, 4.69) is 10.3 Å². The molecular formula is C13H14N2O2. The maximum absolute atomic E-state index is 9.59. The molecule has 4 nitrogen and oxygen atoms in total. The van der Waals surface area contributed by atoms with Crippen LogP contribution in [0.1, 0.15) is 11.1 Å². The van der Waals surface area contributed by atoms with E-state index in [1.54, 1.807) is 24.5 Å². The lowest BCUT2D eigenvalue weighted by Gasteiger charge is -2.07. The summed E-state index contributed by atoms with van der Waals surface area (Å²) in [5, 5.41) is 22.1. The molecule has 0 amide bonds. The van der Waals surface area contributed by atoms with Crippen LogP contribution in [0, 0.1) is 0 Å². The van der Waals surface area contributed by atoms with E-state index in [9.17, 15) is 10.2 Å². The minimum Gasteiger partial charge on any atom is -0.504 e. The Labute approximate surface area is 99.6 Å². The Hall–Kier alpha value is -2.07. The van der Waals surface area contributed by atoms with Crippen molar-refractivity contribution in [3.63, 3.8) is 0 Å². The fraction of sp³-hybridized carbons (Fsp3) is 0.154. The lowest BCUT2D eigenvalue weighted by molar-refractivity contribution is 0.397. The van der Waals surface area contributed by atoms with Crippen molar-refractivity contribution in [3.05, 3.63) is 53.9 Å². The van der Waals surface area contributed by atoms with Crippen molar-refractivity contribution in [2.75, 3.05) is 0 Å². The smallest absolute Gasteiger partial charge is 0.161 e. The van der Waals surface area contributed by atoms with E-state index in [1.165, 1.54) is 6.07 Å². The molecule has 0 saturated heterocycles. The number of phenolic OH excluding ortho intramolecular Hbond substituents is 2. The van der Waals surface area contributed by atoms with Crippen molar-refractivity contribution in [1.82, 2.24) is 10.3 Å². The van der Waals surface area contributed by atoms with E-state index in [1.807, 2.05) is 12.1 Å². The molecule has 0 aliphatic heterocycles. The van der Waals surface area contributed by atoms with Crippen molar-refractivity contribution >= 4 is 0 Å². The highest BCUT2D eigenvalue weighted by molar-refractivity contribution is 5.44. The van der Waals surface area contributed by atoms with Crippen LogP contribution in [0.15, 0.2) is 42.7 Å². The Kier molecular flexibility index (Phi) is 3.57. The Balaban J connectivity index is 1.93. The summed E-state index contributed by atoms with van der Waals surface area (Å²) in [5.41, 5.74) is 1.75. The van der Waals surface area contributed by atoms with E-state index < -0.39 is 0 Å². The minimum atomic E-state index is -0.0920. The van der Waals surface area contributed by atoms with Crippen molar-refractivity contribution in [2.45, 2.75) is 13.1 Å². The second-order valence-electron chi connectivity index (χ2n) is 3.75. The number of aromatic nitrogens is 1. The molecule has 0 unspecified atom stereocenters. The monoisotopic (exact) mass is 230 g/mol. The van der Waals surface area contributed by atoms with Crippen molar-refractivity contribution in [3.8, 4) is 11.5 Å². The van der Waals surface area contributed by atoms with Gasteiger partial charge in [0, 0.05) is 31.0 Å². The number of aromatic hydroxyl groups is 2. The number of pyridine rings is 1. The number of rotatable bonds is 4. The molecule has 0 aliphatic carbocycles. The Bertz CT molecular complexity index is 486. The zero-order chi connectivity index (χ0) is 12.1. The van der Waals surface area contributed by atoms with Gasteiger partial charge in [0.15, 0.2) is 11.5 Å². The molecule has 0 atom stereocenters. The Morgan fingerprint density at radius 1 is 1.06 bits per heavy atom. The summed E-state index contributed by atoms with van der Waals surface area (Å²) >= 11 is 0. The molecule has 1 heterocycles. The fourth-order valence-electron chi connectivity index (χ4n) is 1.56. The summed E-state index contributed by atoms with van der Waals surface area (Å²) in [6.45, 7) is 1.16. The lowest BCUT2D eigenvalue weighted by atomic mass is 10.2. The van der Waals surface area contributed by atoms with Crippen molar-refractivity contribution < 1.29 is 10.2 Å². The van der Waals surface area contributed by atoms with Crippen LogP contribution in [-0.4, -0.2) is 15.2 Å². The molecular weight excluding hydrogens is 216 g/mol. The maximum atomic E-state index is 9.59. The average molecular weight is 230 g/mol. The number of phenols is 2. The first kappa shape index (κ1) is 11.4. The van der Waals surface area contributed by atoms with Crippen molar-refractivity contribution in [2.24, 2.45) is 0 Å². The molecule has 2 rings (SSSR count). The molecule has 17 heavy (non-hydrogen) atoms. The van der Waals surface area contributed by atoms with E-state index in [0.29, 0.717) is 18.7 Å². The first-order chi connectivity index (χ1) is 8.27.